The van der Waals surface area contributed by atoms with Crippen LogP contribution in [0.3, 0.4) is 0 Å². The summed E-state index contributed by atoms with van der Waals surface area (Å²) in [6, 6.07) is 54.2. The van der Waals surface area contributed by atoms with Crippen LogP contribution >= 0.6 is 0 Å². The van der Waals surface area contributed by atoms with Crippen LogP contribution in [0.4, 0.5) is 17.1 Å². The number of rotatable bonds is 6. The lowest BCUT2D eigenvalue weighted by atomic mass is 9.81. The zero-order chi connectivity index (χ0) is 42.3. The van der Waals surface area contributed by atoms with Gasteiger partial charge in [0.1, 0.15) is 0 Å². The molecule has 270 valence electrons. The number of fused-ring (bicyclic) bond motifs is 6. The highest BCUT2D eigenvalue weighted by Crippen LogP contribution is 2.56. The second-order valence-corrected chi connectivity index (χ2v) is 16.3. The maximum absolute atomic E-state index is 9.01. The van der Waals surface area contributed by atoms with E-state index in [1.165, 1.54) is 59.9 Å². The van der Waals surface area contributed by atoms with Crippen molar-refractivity contribution in [3.8, 4) is 44.5 Å². The molecule has 55 heavy (non-hydrogen) atoms. The van der Waals surface area contributed by atoms with Crippen molar-refractivity contribution in [2.75, 3.05) is 4.90 Å². The zero-order valence-electron chi connectivity index (χ0n) is 37.6. The Hall–Kier alpha value is -5.66. The standard InChI is InChI=1S/C54H49N/c1-53(2)47-24-14-11-22-43(47)44-32-31-40(34-49(44)53)55(51-26-16-13-21-42(51)39-29-27-37(28-30-39)36-17-7-5-8-18-36)41-33-46(38-19-9-6-10-20-38)52-45-23-12-15-25-48(45)54(3,4)50(52)35-41/h6,9-16,19-36H,5,7-8,17-18H2,1-4H3/i1D3,2D3. The Balaban J connectivity index is 1.25. The molecule has 3 aliphatic carbocycles. The summed E-state index contributed by atoms with van der Waals surface area (Å²) in [6.45, 7) is -1.19. The number of benzene rings is 7. The van der Waals surface area contributed by atoms with Crippen LogP contribution in [-0.2, 0) is 10.8 Å². The van der Waals surface area contributed by atoms with Crippen molar-refractivity contribution in [3.63, 3.8) is 0 Å². The molecule has 1 saturated carbocycles. The molecule has 3 aliphatic rings. The normalized spacial score (nSPS) is 18.3. The predicted molar refractivity (Wildman–Crippen MR) is 233 cm³/mol. The van der Waals surface area contributed by atoms with Gasteiger partial charge in [0.15, 0.2) is 0 Å². The van der Waals surface area contributed by atoms with Gasteiger partial charge in [0.05, 0.1) is 5.69 Å². The Morgan fingerprint density at radius 3 is 1.82 bits per heavy atom. The molecule has 0 heterocycles. The van der Waals surface area contributed by atoms with E-state index in [1.54, 1.807) is 12.1 Å². The van der Waals surface area contributed by atoms with Gasteiger partial charge in [-0.05, 0) is 116 Å². The Labute approximate surface area is 335 Å². The van der Waals surface area contributed by atoms with Crippen LogP contribution in [0.15, 0.2) is 158 Å². The summed E-state index contributed by atoms with van der Waals surface area (Å²) in [7, 11) is 0. The van der Waals surface area contributed by atoms with Crippen molar-refractivity contribution in [3.05, 3.63) is 186 Å². The molecule has 0 N–H and O–H groups in total. The fraction of sp³-hybridized carbons (Fsp3) is 0.222. The molecule has 0 aromatic heterocycles. The minimum absolute atomic E-state index is 0.294. The van der Waals surface area contributed by atoms with E-state index in [-0.39, 0.29) is 5.41 Å². The fourth-order valence-electron chi connectivity index (χ4n) is 9.89. The molecule has 0 amide bonds. The van der Waals surface area contributed by atoms with E-state index in [0.717, 1.165) is 33.6 Å². The lowest BCUT2D eigenvalue weighted by molar-refractivity contribution is 0.443. The summed E-state index contributed by atoms with van der Waals surface area (Å²) in [6.07, 6.45) is 6.30. The molecule has 0 aliphatic heterocycles. The lowest BCUT2D eigenvalue weighted by Gasteiger charge is -2.32. The summed E-state index contributed by atoms with van der Waals surface area (Å²) in [5.74, 6) is 0.581. The average molecular weight is 718 g/mol. The second-order valence-electron chi connectivity index (χ2n) is 16.3. The summed E-state index contributed by atoms with van der Waals surface area (Å²) in [5.41, 5.74) is 12.3. The number of para-hydroxylation sites is 1. The van der Waals surface area contributed by atoms with Gasteiger partial charge in [-0.2, -0.15) is 0 Å². The van der Waals surface area contributed by atoms with Crippen molar-refractivity contribution < 1.29 is 8.22 Å². The van der Waals surface area contributed by atoms with Gasteiger partial charge in [-0.3, -0.25) is 0 Å². The van der Waals surface area contributed by atoms with E-state index in [9.17, 15) is 0 Å². The van der Waals surface area contributed by atoms with Gasteiger partial charge in [-0.15, -0.1) is 0 Å². The molecule has 0 unspecified atom stereocenters. The predicted octanol–water partition coefficient (Wildman–Crippen LogP) is 15.2. The number of nitrogens with zero attached hydrogens (tertiary/aromatic N) is 1. The topological polar surface area (TPSA) is 3.24 Å². The summed E-state index contributed by atoms with van der Waals surface area (Å²) >= 11 is 0. The van der Waals surface area contributed by atoms with E-state index >= 15 is 0 Å². The Morgan fingerprint density at radius 1 is 0.473 bits per heavy atom. The lowest BCUT2D eigenvalue weighted by Crippen LogP contribution is -2.18. The van der Waals surface area contributed by atoms with Crippen LogP contribution in [0.1, 0.15) is 102 Å². The van der Waals surface area contributed by atoms with Crippen molar-refractivity contribution in [2.24, 2.45) is 0 Å². The van der Waals surface area contributed by atoms with Gasteiger partial charge in [-0.25, -0.2) is 0 Å². The maximum Gasteiger partial charge on any atom is 0.0540 e. The number of hydrogen-bond donors (Lipinski definition) is 0. The van der Waals surface area contributed by atoms with Crippen LogP contribution in [0.2, 0.25) is 0 Å². The minimum atomic E-state index is -2.88. The van der Waals surface area contributed by atoms with Gasteiger partial charge in [-0.1, -0.05) is 174 Å². The molecule has 1 fully saturated rings. The van der Waals surface area contributed by atoms with Crippen LogP contribution in [0.25, 0.3) is 44.5 Å². The molecule has 0 radical (unpaired) electrons. The molecular formula is C54H49N. The van der Waals surface area contributed by atoms with Gasteiger partial charge in [0.25, 0.3) is 0 Å². The molecular weight excluding hydrogens is 663 g/mol. The van der Waals surface area contributed by atoms with E-state index in [2.05, 4.69) is 122 Å². The quantitative estimate of drug-likeness (QED) is 0.166. The largest absolute Gasteiger partial charge is 0.310 e. The first-order chi connectivity index (χ1) is 29.3. The molecule has 0 atom stereocenters. The third kappa shape index (κ3) is 5.42. The molecule has 0 spiro atoms. The Bertz CT molecular complexity index is 2780. The summed E-state index contributed by atoms with van der Waals surface area (Å²) in [4.78, 5) is 2.23. The van der Waals surface area contributed by atoms with Crippen molar-refractivity contribution in [1.29, 1.82) is 0 Å². The summed E-state index contributed by atoms with van der Waals surface area (Å²) < 4.78 is 54.1. The first-order valence-electron chi connectivity index (χ1n) is 22.9. The smallest absolute Gasteiger partial charge is 0.0540 e. The molecule has 1 nitrogen and oxygen atoms in total. The van der Waals surface area contributed by atoms with Crippen LogP contribution in [-0.4, -0.2) is 0 Å². The van der Waals surface area contributed by atoms with Gasteiger partial charge < -0.3 is 4.90 Å². The third-order valence-electron chi connectivity index (χ3n) is 12.7. The van der Waals surface area contributed by atoms with Gasteiger partial charge in [0, 0.05) is 36.0 Å². The molecule has 7 aromatic rings. The molecule has 1 heteroatoms. The van der Waals surface area contributed by atoms with Crippen molar-refractivity contribution in [2.45, 2.75) is 76.4 Å². The highest BCUT2D eigenvalue weighted by molar-refractivity contribution is 5.98. The van der Waals surface area contributed by atoms with Crippen molar-refractivity contribution >= 4 is 17.1 Å². The summed E-state index contributed by atoms with van der Waals surface area (Å²) in [5, 5.41) is 0. The second kappa shape index (κ2) is 13.0. The Morgan fingerprint density at radius 2 is 1.07 bits per heavy atom. The number of hydrogen-bond acceptors (Lipinski definition) is 1. The van der Waals surface area contributed by atoms with Gasteiger partial charge >= 0.3 is 0 Å². The Kier molecular flexibility index (Phi) is 6.58. The molecule has 7 aromatic carbocycles. The third-order valence-corrected chi connectivity index (χ3v) is 12.7. The van der Waals surface area contributed by atoms with E-state index in [0.29, 0.717) is 33.9 Å². The van der Waals surface area contributed by atoms with E-state index in [1.807, 2.05) is 42.5 Å². The first-order valence-corrected chi connectivity index (χ1v) is 19.9. The van der Waals surface area contributed by atoms with Crippen LogP contribution < -0.4 is 4.90 Å². The maximum atomic E-state index is 9.01. The van der Waals surface area contributed by atoms with Gasteiger partial charge in [0.2, 0.25) is 0 Å². The van der Waals surface area contributed by atoms with E-state index in [4.69, 9.17) is 8.22 Å². The highest BCUT2D eigenvalue weighted by Gasteiger charge is 2.39. The fourth-order valence-corrected chi connectivity index (χ4v) is 9.89. The molecule has 10 rings (SSSR count). The van der Waals surface area contributed by atoms with Crippen LogP contribution in [0, 0.1) is 0 Å². The van der Waals surface area contributed by atoms with Crippen LogP contribution in [0.5, 0.6) is 0 Å². The highest BCUT2D eigenvalue weighted by atomic mass is 15.1. The van der Waals surface area contributed by atoms with Crippen molar-refractivity contribution in [1.82, 2.24) is 0 Å². The average Bonchev–Trinajstić information content (AvgIpc) is 3.70. The van der Waals surface area contributed by atoms with E-state index < -0.39 is 19.1 Å². The first kappa shape index (κ1) is 27.9. The SMILES string of the molecule is [2H]C([2H])([2H])C1(C([2H])([2H])[2H])c2ccccc2-c2ccc(N(c3cc(-c4ccccc4)c4c(c3)C(C)(C)c3ccccc3-4)c3ccccc3-c3ccc(C4CCCCC4)cc3)cc21. The molecule has 0 bridgehead atoms. The molecule has 0 saturated heterocycles. The monoisotopic (exact) mass is 717 g/mol. The zero-order valence-corrected chi connectivity index (χ0v) is 31.6. The minimum Gasteiger partial charge on any atom is -0.310 e. The number of anilines is 3.